The molecule has 7 rings (SSSR count). The Morgan fingerprint density at radius 2 is 0.896 bits per heavy atom. The molecule has 13 heteroatoms. The van der Waals surface area contributed by atoms with Crippen LogP contribution in [0.3, 0.4) is 0 Å². The second-order valence-corrected chi connectivity index (χ2v) is 11.1. The lowest BCUT2D eigenvalue weighted by Gasteiger charge is -2.18. The molecule has 1 heterocycles. The van der Waals surface area contributed by atoms with Crippen molar-refractivity contribution in [3.63, 3.8) is 0 Å². The fraction of sp³-hybridized carbons (Fsp3) is 0.0857. The lowest BCUT2D eigenvalue weighted by molar-refractivity contribution is -0.172. The maximum Gasteiger partial charge on any atom is 0.363 e. The number of carboxylic acids is 1. The molecule has 1 N–H and O–H groups in total. The highest BCUT2D eigenvalue weighted by Gasteiger charge is 2.35. The summed E-state index contributed by atoms with van der Waals surface area (Å²) in [6.45, 7) is 0. The summed E-state index contributed by atoms with van der Waals surface area (Å²) in [6, 6.07) is 20.9. The molecular weight excluding hydrogens is 665 g/mol. The summed E-state index contributed by atoms with van der Waals surface area (Å²) >= 11 is 9.53. The number of halogens is 2. The van der Waals surface area contributed by atoms with Gasteiger partial charge in [0, 0.05) is 57.3 Å². The van der Waals surface area contributed by atoms with Gasteiger partial charge in [-0.1, -0.05) is 48.5 Å². The van der Waals surface area contributed by atoms with E-state index in [0.29, 0.717) is 21.8 Å². The van der Waals surface area contributed by atoms with Gasteiger partial charge in [-0.3, -0.25) is 28.8 Å². The van der Waals surface area contributed by atoms with Gasteiger partial charge >= 0.3 is 11.9 Å². The normalized spacial score (nSPS) is 14.0. The molecule has 0 saturated carbocycles. The van der Waals surface area contributed by atoms with Crippen molar-refractivity contribution in [3.05, 3.63) is 141 Å². The number of hydrogen-bond acceptors (Lipinski definition) is 9. The smallest absolute Gasteiger partial charge is 0.363 e. The van der Waals surface area contributed by atoms with E-state index in [1.807, 2.05) is 0 Å². The summed E-state index contributed by atoms with van der Waals surface area (Å²) in [4.78, 5) is 101. The minimum Gasteiger partial charge on any atom is -0.478 e. The van der Waals surface area contributed by atoms with E-state index in [-0.39, 0.29) is 80.3 Å². The van der Waals surface area contributed by atoms with Crippen molar-refractivity contribution in [1.29, 1.82) is 0 Å². The van der Waals surface area contributed by atoms with Gasteiger partial charge in [-0.25, -0.2) is 9.59 Å². The van der Waals surface area contributed by atoms with Gasteiger partial charge < -0.3 is 9.94 Å². The highest BCUT2D eigenvalue weighted by atomic mass is 35.5. The van der Waals surface area contributed by atoms with Gasteiger partial charge in [0.1, 0.15) is 0 Å². The first-order chi connectivity index (χ1) is 23.0. The Morgan fingerprint density at radius 1 is 0.562 bits per heavy atom. The second-order valence-electron chi connectivity index (χ2n) is 10.3. The van der Waals surface area contributed by atoms with Crippen molar-refractivity contribution in [2.75, 3.05) is 5.34 Å². The van der Waals surface area contributed by atoms with Crippen LogP contribution in [-0.4, -0.2) is 62.4 Å². The number of carbonyl (C=O) groups is 8. The molecule has 0 bridgehead atoms. The van der Waals surface area contributed by atoms with Crippen LogP contribution in [0.2, 0.25) is 0 Å². The number of hydrogen-bond donors (Lipinski definition) is 1. The predicted octanol–water partition coefficient (Wildman–Crippen LogP) is 5.26. The molecular formula is C35H21Cl2NO10. The van der Waals surface area contributed by atoms with E-state index in [1.54, 1.807) is 48.5 Å². The number of hydroxylamine groups is 2. The van der Waals surface area contributed by atoms with Crippen LogP contribution in [-0.2, 0) is 14.4 Å². The van der Waals surface area contributed by atoms with Crippen LogP contribution in [0.15, 0.2) is 84.9 Å². The summed E-state index contributed by atoms with van der Waals surface area (Å²) in [5.41, 5.74) is 1.92. The molecule has 240 valence electrons. The van der Waals surface area contributed by atoms with E-state index in [2.05, 4.69) is 0 Å². The van der Waals surface area contributed by atoms with Crippen molar-refractivity contribution < 1.29 is 48.3 Å². The topological polar surface area (TPSA) is 169 Å². The van der Waals surface area contributed by atoms with Gasteiger partial charge in [-0.2, -0.15) is 0 Å². The van der Waals surface area contributed by atoms with E-state index in [9.17, 15) is 38.4 Å². The molecule has 0 spiro atoms. The number of fused-ring (bicyclic) bond motifs is 4. The SMILES string of the molecule is ClCCl.O=C(O)c1ccc2c(c1)C(=O)c1ccccc1C2=O.O=C(ON1C(=O)CCC1=O)c1ccc2c(c1)C(=O)c1ccccc1C2=O. The molecule has 1 saturated heterocycles. The third-order valence-corrected chi connectivity index (χ3v) is 7.51. The Balaban J connectivity index is 0.000000181. The number of alkyl halides is 2. The Morgan fingerprint density at radius 3 is 1.29 bits per heavy atom. The minimum atomic E-state index is -1.12. The van der Waals surface area contributed by atoms with Crippen molar-refractivity contribution in [2.24, 2.45) is 0 Å². The van der Waals surface area contributed by atoms with Crippen LogP contribution < -0.4 is 0 Å². The van der Waals surface area contributed by atoms with Crippen LogP contribution in [0.1, 0.15) is 97.2 Å². The zero-order valence-electron chi connectivity index (χ0n) is 24.5. The van der Waals surface area contributed by atoms with Crippen LogP contribution in [0.4, 0.5) is 0 Å². The molecule has 0 aromatic heterocycles. The summed E-state index contributed by atoms with van der Waals surface area (Å²) < 4.78 is 0. The highest BCUT2D eigenvalue weighted by molar-refractivity contribution is 6.40. The standard InChI is InChI=1S/C19H11NO6.C15H8O4.CH2Cl2/c21-15-7-8-16(22)20(15)26-19(25)10-5-6-13-14(9-10)18(24)12-4-2-1-3-11(12)17(13)23;16-13-9-3-1-2-4-10(9)14(17)12-7-8(15(18)19)5-6-11(12)13;2-1-3/h1-6,9H,7-8H2;1-7H,(H,18,19);1H2. The Kier molecular flexibility index (Phi) is 9.74. The maximum atomic E-state index is 12.7. The third-order valence-electron chi connectivity index (χ3n) is 7.51. The molecule has 3 aliphatic rings. The first-order valence-electron chi connectivity index (χ1n) is 14.1. The average Bonchev–Trinajstić information content (AvgIpc) is 3.41. The number of aromatic carboxylic acids is 1. The highest BCUT2D eigenvalue weighted by Crippen LogP contribution is 2.29. The van der Waals surface area contributed by atoms with E-state index in [4.69, 9.17) is 33.1 Å². The van der Waals surface area contributed by atoms with E-state index >= 15 is 0 Å². The molecule has 4 aromatic rings. The summed E-state index contributed by atoms with van der Waals surface area (Å²) in [5.74, 6) is -4.51. The van der Waals surface area contributed by atoms with Gasteiger partial charge in [-0.15, -0.1) is 28.3 Å². The number of ketones is 4. The van der Waals surface area contributed by atoms with Crippen molar-refractivity contribution in [1.82, 2.24) is 5.06 Å². The molecule has 0 unspecified atom stereocenters. The lowest BCUT2D eigenvalue weighted by Crippen LogP contribution is -2.32. The number of carbonyl (C=O) groups excluding carboxylic acids is 7. The van der Waals surface area contributed by atoms with Gasteiger partial charge in [0.25, 0.3) is 11.8 Å². The summed E-state index contributed by atoms with van der Waals surface area (Å²) in [5, 5.41) is 9.57. The van der Waals surface area contributed by atoms with Crippen molar-refractivity contribution in [3.8, 4) is 0 Å². The molecule has 1 aliphatic heterocycles. The average molecular weight is 686 g/mol. The van der Waals surface area contributed by atoms with E-state index in [1.165, 1.54) is 36.4 Å². The lowest BCUT2D eigenvalue weighted by atomic mass is 9.83. The van der Waals surface area contributed by atoms with Gasteiger partial charge in [0.05, 0.1) is 16.5 Å². The third kappa shape index (κ3) is 6.28. The first kappa shape index (κ1) is 33.6. The minimum absolute atomic E-state index is 0.000666. The second kappa shape index (κ2) is 13.9. The molecule has 2 aliphatic carbocycles. The number of imide groups is 1. The van der Waals surface area contributed by atoms with Crippen LogP contribution in [0, 0.1) is 0 Å². The number of rotatable bonds is 3. The molecule has 1 fully saturated rings. The monoisotopic (exact) mass is 685 g/mol. The fourth-order valence-corrected chi connectivity index (χ4v) is 5.25. The molecule has 2 amide bonds. The van der Waals surface area contributed by atoms with Gasteiger partial charge in [0.15, 0.2) is 23.1 Å². The van der Waals surface area contributed by atoms with Crippen LogP contribution in [0.5, 0.6) is 0 Å². The molecule has 0 radical (unpaired) electrons. The Hall–Kier alpha value is -5.78. The zero-order valence-corrected chi connectivity index (χ0v) is 26.0. The summed E-state index contributed by atoms with van der Waals surface area (Å²) in [7, 11) is 0. The fourth-order valence-electron chi connectivity index (χ4n) is 5.25. The Bertz CT molecular complexity index is 2070. The number of benzene rings is 4. The summed E-state index contributed by atoms with van der Waals surface area (Å²) in [6.07, 6.45) is -0.0276. The van der Waals surface area contributed by atoms with Gasteiger partial charge in [-0.05, 0) is 36.4 Å². The predicted molar refractivity (Wildman–Crippen MR) is 170 cm³/mol. The zero-order chi connectivity index (χ0) is 34.7. The van der Waals surface area contributed by atoms with Crippen LogP contribution >= 0.6 is 23.2 Å². The van der Waals surface area contributed by atoms with Crippen LogP contribution in [0.25, 0.3) is 0 Å². The molecule has 48 heavy (non-hydrogen) atoms. The van der Waals surface area contributed by atoms with E-state index < -0.39 is 23.8 Å². The molecule has 0 atom stereocenters. The largest absolute Gasteiger partial charge is 0.478 e. The van der Waals surface area contributed by atoms with E-state index in [0.717, 1.165) is 0 Å². The number of nitrogens with zero attached hydrogens (tertiary/aromatic N) is 1. The van der Waals surface area contributed by atoms with Crippen molar-refractivity contribution in [2.45, 2.75) is 12.8 Å². The maximum absolute atomic E-state index is 12.7. The quantitative estimate of drug-likeness (QED) is 0.191. The van der Waals surface area contributed by atoms with Crippen molar-refractivity contribution >= 4 is 70.1 Å². The first-order valence-corrected chi connectivity index (χ1v) is 15.1. The molecule has 4 aromatic carbocycles. The number of carboxylic acid groups (broad SMARTS) is 1. The van der Waals surface area contributed by atoms with Gasteiger partial charge in [0.2, 0.25) is 0 Å². The number of amides is 2. The Labute approximate surface area is 281 Å². The molecule has 11 nitrogen and oxygen atoms in total.